The number of nitrogens with two attached hydrogens (primary N) is 1. The number of carboxylic acid groups (broad SMARTS) is 1. The molecule has 6 rings (SSSR count). The Kier molecular flexibility index (Phi) is 77.4. The number of nitrogens with one attached hydrogen (secondary N) is 1. The molecule has 4 N–H and O–H groups in total. The number of rotatable bonds is 4. The van der Waals surface area contributed by atoms with Crippen LogP contribution in [0.15, 0.2) is 18.2 Å². The minimum Gasteiger partial charge on any atom is -0.481 e. The number of ether oxygens (including phenoxy) is 1. The third kappa shape index (κ3) is 50.0. The molecule has 0 heterocycles. The molecule has 4 unspecified atom stereocenters. The molecule has 0 saturated heterocycles. The quantitative estimate of drug-likeness (QED) is 0.257. The fraction of sp³-hybridized carbons (Fsp3) is 0.800. The van der Waals surface area contributed by atoms with Crippen LogP contribution in [-0.4, -0.2) is 43.5 Å². The molecule has 5 aliphatic carbocycles. The van der Waals surface area contributed by atoms with Gasteiger partial charge in [0.1, 0.15) is 0 Å². The molecule has 10 heteroatoms. The van der Waals surface area contributed by atoms with Gasteiger partial charge < -0.3 is 20.9 Å². The smallest absolute Gasteiger partial charge is 0.300 e. The average molecular weight is 1010 g/mol. The van der Waals surface area contributed by atoms with Crippen molar-refractivity contribution in [1.82, 2.24) is 5.32 Å². The van der Waals surface area contributed by atoms with Gasteiger partial charge in [-0.1, -0.05) is 202 Å². The minimum absolute atomic E-state index is 0. The van der Waals surface area contributed by atoms with Crippen LogP contribution in [0.3, 0.4) is 0 Å². The Hall–Kier alpha value is -0.692. The van der Waals surface area contributed by atoms with Crippen molar-refractivity contribution in [2.24, 2.45) is 41.2 Å². The van der Waals surface area contributed by atoms with E-state index in [0.29, 0.717) is 19.3 Å². The zero-order valence-electron chi connectivity index (χ0n) is 40.8. The van der Waals surface area contributed by atoms with E-state index in [9.17, 15) is 9.59 Å². The molecular formula is C50H102N2O6Y2. The van der Waals surface area contributed by atoms with Gasteiger partial charge in [-0.2, -0.15) is 0 Å². The summed E-state index contributed by atoms with van der Waals surface area (Å²) in [4.78, 5) is 39.4. The van der Waals surface area contributed by atoms with Crippen molar-refractivity contribution in [3.63, 3.8) is 0 Å². The summed E-state index contributed by atoms with van der Waals surface area (Å²) in [5.74, 6) is 2.77. The molecule has 1 aromatic carbocycles. The summed E-state index contributed by atoms with van der Waals surface area (Å²) in [5.41, 5.74) is 9.09. The first-order valence-corrected chi connectivity index (χ1v) is 22.4. The maximum atomic E-state index is 10.9. The summed E-state index contributed by atoms with van der Waals surface area (Å²) in [5, 5.41) is 9.95. The number of hydrogen-bond acceptors (Lipinski definition) is 5. The maximum Gasteiger partial charge on any atom is 0.300 e. The Labute approximate surface area is 425 Å². The molecule has 5 saturated carbocycles. The molecule has 354 valence electrons. The van der Waals surface area contributed by atoms with E-state index in [1.54, 1.807) is 7.05 Å². The van der Waals surface area contributed by atoms with E-state index < -0.39 is 5.97 Å². The van der Waals surface area contributed by atoms with Crippen LogP contribution < -0.4 is 11.1 Å². The molecule has 5 fully saturated rings. The summed E-state index contributed by atoms with van der Waals surface area (Å²) in [6.07, 6.45) is 22.1. The molecule has 0 aromatic heterocycles. The second-order valence-electron chi connectivity index (χ2n) is 14.8. The van der Waals surface area contributed by atoms with E-state index in [4.69, 9.17) is 20.4 Å². The van der Waals surface area contributed by atoms with Gasteiger partial charge in [0.15, 0.2) is 0 Å². The Morgan fingerprint density at radius 1 is 0.683 bits per heavy atom. The number of carboxylic acids is 1. The minimum atomic E-state index is -0.833. The van der Waals surface area contributed by atoms with E-state index in [0.717, 1.165) is 30.6 Å². The SMILES string of the molecule is C.C.C1CCC1.C1CCC1.C1CCC1.CC.CC.CC.CC(=O)O.CCC1C(C)CC(C)C1C.CNC(=O)C1CC(C(N)=O)C1.COC=O.Cc1cc(C)cc(C)c1.[Y].[Y]. The van der Waals surface area contributed by atoms with Gasteiger partial charge in [0.2, 0.25) is 11.8 Å². The van der Waals surface area contributed by atoms with E-state index in [1.165, 1.54) is 114 Å². The number of benzene rings is 1. The van der Waals surface area contributed by atoms with Gasteiger partial charge in [-0.05, 0) is 63.7 Å². The molecule has 8 nitrogen and oxygen atoms in total. The fourth-order valence-corrected chi connectivity index (χ4v) is 5.91. The van der Waals surface area contributed by atoms with Gasteiger partial charge in [0.05, 0.1) is 7.11 Å². The van der Waals surface area contributed by atoms with Crippen molar-refractivity contribution >= 4 is 24.3 Å². The van der Waals surface area contributed by atoms with Crippen molar-refractivity contribution < 1.29 is 94.4 Å². The third-order valence-corrected chi connectivity index (χ3v) is 10.1. The predicted molar refractivity (Wildman–Crippen MR) is 255 cm³/mol. The molecule has 2 radical (unpaired) electrons. The molecule has 0 aliphatic heterocycles. The molecule has 5 aliphatic rings. The van der Waals surface area contributed by atoms with Gasteiger partial charge in [0.25, 0.3) is 12.4 Å². The molecular weight excluding hydrogens is 902 g/mol. The van der Waals surface area contributed by atoms with Crippen molar-refractivity contribution in [2.75, 3.05) is 14.2 Å². The first kappa shape index (κ1) is 79.7. The van der Waals surface area contributed by atoms with Gasteiger partial charge >= 0.3 is 0 Å². The zero-order chi connectivity index (χ0) is 44.5. The average Bonchev–Trinajstić information content (AvgIpc) is 3.29. The molecule has 1 aromatic rings. The van der Waals surface area contributed by atoms with Crippen molar-refractivity contribution in [3.8, 4) is 0 Å². The van der Waals surface area contributed by atoms with Gasteiger partial charge in [-0.25, -0.2) is 0 Å². The van der Waals surface area contributed by atoms with Crippen LogP contribution in [-0.2, 0) is 89.3 Å². The largest absolute Gasteiger partial charge is 0.481 e. The van der Waals surface area contributed by atoms with Gasteiger partial charge in [-0.15, -0.1) is 0 Å². The second-order valence-corrected chi connectivity index (χ2v) is 14.8. The van der Waals surface area contributed by atoms with Crippen molar-refractivity contribution in [3.05, 3.63) is 34.9 Å². The van der Waals surface area contributed by atoms with Crippen LogP contribution >= 0.6 is 0 Å². The number of carbonyl (C=O) groups excluding carboxylic acids is 3. The normalized spacial score (nSPS) is 20.6. The molecule has 2 amide bonds. The second kappa shape index (κ2) is 58.3. The van der Waals surface area contributed by atoms with Crippen LogP contribution in [0.5, 0.6) is 0 Å². The van der Waals surface area contributed by atoms with Crippen LogP contribution in [0.1, 0.15) is 210 Å². The summed E-state index contributed by atoms with van der Waals surface area (Å²) in [6.45, 7) is 29.4. The van der Waals surface area contributed by atoms with Gasteiger partial charge in [0, 0.05) is 91.2 Å². The monoisotopic (exact) mass is 1000 g/mol. The molecule has 60 heavy (non-hydrogen) atoms. The standard InChI is InChI=1S/C10H20.C9H12.C7H12N2O2.3C4H8.2C2H4O2.3C2H6.2CH4.2Y/c1-5-10-8(3)6-7(2)9(10)4;1-7-4-8(2)6-9(3)5-7;1-9-7(11)5-2-4(3-5)6(8)10;3*1-2-4-3-1;1-4-2-3;1-2(3)4;3*1-2;;;;/h7-10H,5-6H2,1-4H3;4-6H,1-3H3;4-5H,2-3H2,1H3,(H2,8,10)(H,9,11);3*1-4H2;2H,1H3;1H3,(H,3,4);3*1-2H3;2*1H4;;. The molecule has 0 spiro atoms. The Balaban J connectivity index is -0.0000000710. The Bertz CT molecular complexity index is 956. The van der Waals surface area contributed by atoms with Crippen LogP contribution in [0.2, 0.25) is 0 Å². The maximum absolute atomic E-state index is 10.9. The summed E-state index contributed by atoms with van der Waals surface area (Å²) in [7, 11) is 2.91. The number of amides is 2. The van der Waals surface area contributed by atoms with Gasteiger partial charge in [-0.3, -0.25) is 19.2 Å². The molecule has 0 bridgehead atoms. The van der Waals surface area contributed by atoms with E-state index in [-0.39, 0.29) is 104 Å². The summed E-state index contributed by atoms with van der Waals surface area (Å²) < 4.78 is 3.86. The first-order valence-electron chi connectivity index (χ1n) is 22.4. The van der Waals surface area contributed by atoms with Crippen molar-refractivity contribution in [1.29, 1.82) is 0 Å². The Morgan fingerprint density at radius 3 is 1.08 bits per heavy atom. The van der Waals surface area contributed by atoms with Crippen LogP contribution in [0, 0.1) is 56.3 Å². The number of primary amides is 1. The zero-order valence-corrected chi connectivity index (χ0v) is 46.5. The number of hydrogen-bond donors (Lipinski definition) is 3. The van der Waals surface area contributed by atoms with Crippen LogP contribution in [0.25, 0.3) is 0 Å². The number of aliphatic carboxylic acids is 1. The Morgan fingerprint density at radius 2 is 0.950 bits per heavy atom. The fourth-order valence-electron chi connectivity index (χ4n) is 5.91. The van der Waals surface area contributed by atoms with E-state index in [2.05, 4.69) is 76.7 Å². The number of aryl methyl sites for hydroxylation is 3. The topological polar surface area (TPSA) is 136 Å². The number of carbonyl (C=O) groups is 4. The molecule has 4 atom stereocenters. The number of methoxy groups -OCH3 is 1. The van der Waals surface area contributed by atoms with Crippen molar-refractivity contribution in [2.45, 2.75) is 215 Å². The summed E-state index contributed by atoms with van der Waals surface area (Å²) in [6, 6.07) is 6.56. The first-order chi connectivity index (χ1) is 26.6. The van der Waals surface area contributed by atoms with E-state index >= 15 is 0 Å². The third-order valence-electron chi connectivity index (χ3n) is 10.1. The predicted octanol–water partition coefficient (Wildman–Crippen LogP) is 14.1. The van der Waals surface area contributed by atoms with E-state index in [1.807, 2.05) is 41.5 Å². The summed E-state index contributed by atoms with van der Waals surface area (Å²) >= 11 is 0. The van der Waals surface area contributed by atoms with Crippen LogP contribution in [0.4, 0.5) is 0 Å².